The zero-order valence-corrected chi connectivity index (χ0v) is 9.75. The van der Waals surface area contributed by atoms with Crippen molar-refractivity contribution in [1.82, 2.24) is 0 Å². The minimum atomic E-state index is -4.86. The van der Waals surface area contributed by atoms with Gasteiger partial charge in [-0.2, -0.15) is 21.6 Å². The molecule has 20 heavy (non-hydrogen) atoms. The summed E-state index contributed by atoms with van der Waals surface area (Å²) >= 11 is 0. The Morgan fingerprint density at radius 2 is 1.75 bits per heavy atom. The molecule has 2 aromatic rings. The summed E-state index contributed by atoms with van der Waals surface area (Å²) in [5, 5.41) is -0.623. The molecule has 0 saturated carbocycles. The topological polar surface area (TPSA) is 84.6 Å². The van der Waals surface area contributed by atoms with Gasteiger partial charge in [0.2, 0.25) is 0 Å². The molecule has 0 fully saturated rings. The molecule has 0 radical (unpaired) electrons. The molecule has 1 heterocycles. The number of benzene rings is 1. The summed E-state index contributed by atoms with van der Waals surface area (Å²) in [6.45, 7) is 0. The Morgan fingerprint density at radius 3 is 2.25 bits per heavy atom. The van der Waals surface area contributed by atoms with Gasteiger partial charge in [-0.05, 0) is 18.2 Å². The molecule has 5 nitrogen and oxygen atoms in total. The van der Waals surface area contributed by atoms with E-state index in [1.807, 2.05) is 0 Å². The van der Waals surface area contributed by atoms with Crippen LogP contribution in [0.25, 0.3) is 11.0 Å². The zero-order valence-electron chi connectivity index (χ0n) is 8.93. The monoisotopic (exact) mass is 318 g/mol. The molecule has 1 aromatic carbocycles. The van der Waals surface area contributed by atoms with Crippen molar-refractivity contribution in [3.63, 3.8) is 0 Å². The van der Waals surface area contributed by atoms with Gasteiger partial charge in [-0.1, -0.05) is 0 Å². The van der Waals surface area contributed by atoms with Crippen LogP contribution in [0.3, 0.4) is 0 Å². The number of halogens is 3. The van der Waals surface area contributed by atoms with E-state index in [2.05, 4.69) is 4.42 Å². The van der Waals surface area contributed by atoms with Crippen LogP contribution < -0.4 is 5.63 Å². The first-order valence-electron chi connectivity index (χ1n) is 4.71. The predicted octanol–water partition coefficient (Wildman–Crippen LogP) is 1.41. The number of fused-ring (bicyclic) bond motifs is 1. The summed E-state index contributed by atoms with van der Waals surface area (Å²) in [6, 6.07) is 2.52. The van der Waals surface area contributed by atoms with Gasteiger partial charge in [-0.3, -0.25) is 4.55 Å². The Labute approximate surface area is 132 Å². The van der Waals surface area contributed by atoms with E-state index in [1.54, 1.807) is 0 Å². The van der Waals surface area contributed by atoms with Crippen molar-refractivity contribution in [3.8, 4) is 0 Å². The molecular formula is C10H6F3NaO5S. The summed E-state index contributed by atoms with van der Waals surface area (Å²) in [4.78, 5) is 10.3. The fourth-order valence-electron chi connectivity index (χ4n) is 1.54. The van der Waals surface area contributed by atoms with Crippen LogP contribution in [0, 0.1) is 0 Å². The molecule has 0 saturated heterocycles. The van der Waals surface area contributed by atoms with Gasteiger partial charge in [0, 0.05) is 11.5 Å². The molecule has 0 bridgehead atoms. The van der Waals surface area contributed by atoms with E-state index >= 15 is 0 Å². The van der Waals surface area contributed by atoms with E-state index in [0.717, 1.165) is 12.1 Å². The van der Waals surface area contributed by atoms with Gasteiger partial charge >= 0.3 is 41.4 Å². The molecule has 10 heteroatoms. The van der Waals surface area contributed by atoms with E-state index in [4.69, 9.17) is 4.55 Å². The molecule has 2 rings (SSSR count). The Kier molecular flexibility index (Phi) is 4.72. The SMILES string of the molecule is O=c1cc(C(F)(F)F)c2cc(S(=O)(=O)O)ccc2o1.[NaH]. The van der Waals surface area contributed by atoms with E-state index < -0.39 is 43.3 Å². The third-order valence-corrected chi connectivity index (χ3v) is 3.17. The zero-order chi connectivity index (χ0) is 14.4. The third-order valence-electron chi connectivity index (χ3n) is 2.32. The molecule has 0 aliphatic rings. The van der Waals surface area contributed by atoms with Crippen LogP contribution in [0.2, 0.25) is 0 Å². The maximum atomic E-state index is 12.7. The first-order chi connectivity index (χ1) is 8.59. The van der Waals surface area contributed by atoms with Crippen LogP contribution in [-0.4, -0.2) is 42.5 Å². The van der Waals surface area contributed by atoms with E-state index in [-0.39, 0.29) is 35.6 Å². The van der Waals surface area contributed by atoms with Crippen LogP contribution in [-0.2, 0) is 16.3 Å². The predicted molar refractivity (Wildman–Crippen MR) is 64.4 cm³/mol. The van der Waals surface area contributed by atoms with Gasteiger partial charge in [0.05, 0.1) is 10.5 Å². The maximum absolute atomic E-state index is 12.7. The number of hydrogen-bond donors (Lipinski definition) is 1. The van der Waals surface area contributed by atoms with Gasteiger partial charge < -0.3 is 4.42 Å². The first-order valence-corrected chi connectivity index (χ1v) is 6.15. The number of hydrogen-bond acceptors (Lipinski definition) is 4. The van der Waals surface area contributed by atoms with E-state index in [0.29, 0.717) is 6.07 Å². The Morgan fingerprint density at radius 1 is 1.15 bits per heavy atom. The van der Waals surface area contributed by atoms with Crippen LogP contribution in [0.4, 0.5) is 13.2 Å². The van der Waals surface area contributed by atoms with Gasteiger partial charge in [-0.25, -0.2) is 4.79 Å². The third kappa shape index (κ3) is 3.41. The van der Waals surface area contributed by atoms with Crippen LogP contribution in [0.1, 0.15) is 5.56 Å². The van der Waals surface area contributed by atoms with Crippen molar-refractivity contribution in [2.45, 2.75) is 11.1 Å². The molecule has 0 aliphatic carbocycles. The first kappa shape index (κ1) is 17.2. The fraction of sp³-hybridized carbons (Fsp3) is 0.100. The summed E-state index contributed by atoms with van der Waals surface area (Å²) in [7, 11) is -4.65. The van der Waals surface area contributed by atoms with Gasteiger partial charge in [0.15, 0.2) is 0 Å². The normalized spacial score (nSPS) is 12.2. The summed E-state index contributed by atoms with van der Waals surface area (Å²) < 4.78 is 73.3. The average molecular weight is 318 g/mol. The average Bonchev–Trinajstić information content (AvgIpc) is 2.24. The second-order valence-electron chi connectivity index (χ2n) is 3.61. The standard InChI is InChI=1S/C10H5F3O5S.Na.H/c11-10(12,13)7-4-9(14)18-8-2-1-5(3-6(7)8)19(15,16)17;;/h1-4H,(H,15,16,17);;. The molecule has 0 amide bonds. The summed E-state index contributed by atoms with van der Waals surface area (Å²) in [5.41, 5.74) is -2.96. The van der Waals surface area contributed by atoms with E-state index in [9.17, 15) is 26.4 Å². The van der Waals surface area contributed by atoms with Crippen molar-refractivity contribution in [1.29, 1.82) is 0 Å². The van der Waals surface area contributed by atoms with Crippen molar-refractivity contribution in [3.05, 3.63) is 40.2 Å². The molecule has 0 unspecified atom stereocenters. The Hall–Kier alpha value is -0.870. The van der Waals surface area contributed by atoms with Gasteiger partial charge in [-0.15, -0.1) is 0 Å². The van der Waals surface area contributed by atoms with E-state index in [1.165, 1.54) is 0 Å². The number of alkyl halides is 3. The van der Waals surface area contributed by atoms with Crippen LogP contribution >= 0.6 is 0 Å². The Balaban J connectivity index is 0.00000200. The fourth-order valence-corrected chi connectivity index (χ4v) is 2.04. The van der Waals surface area contributed by atoms with Gasteiger partial charge in [0.25, 0.3) is 10.1 Å². The molecule has 1 aromatic heterocycles. The molecule has 0 atom stereocenters. The van der Waals surface area contributed by atoms with Crippen molar-refractivity contribution in [2.75, 3.05) is 0 Å². The van der Waals surface area contributed by atoms with Crippen LogP contribution in [0.5, 0.6) is 0 Å². The van der Waals surface area contributed by atoms with Gasteiger partial charge in [0.1, 0.15) is 5.58 Å². The summed E-state index contributed by atoms with van der Waals surface area (Å²) in [5.74, 6) is 0. The molecule has 104 valence electrons. The van der Waals surface area contributed by atoms with Crippen molar-refractivity contribution in [2.24, 2.45) is 0 Å². The second kappa shape index (κ2) is 5.49. The second-order valence-corrected chi connectivity index (χ2v) is 5.03. The quantitative estimate of drug-likeness (QED) is 0.488. The Bertz CT molecular complexity index is 810. The molecule has 0 spiro atoms. The van der Waals surface area contributed by atoms with Crippen LogP contribution in [0.15, 0.2) is 38.4 Å². The summed E-state index contributed by atoms with van der Waals surface area (Å²) in [6.07, 6.45) is -4.86. The minimum absolute atomic E-state index is 0. The van der Waals surface area contributed by atoms with Crippen molar-refractivity contribution < 1.29 is 30.6 Å². The molecular weight excluding hydrogens is 312 g/mol. The molecule has 1 N–H and O–H groups in total. The number of rotatable bonds is 1. The van der Waals surface area contributed by atoms with Crippen molar-refractivity contribution >= 4 is 50.6 Å². The molecule has 0 aliphatic heterocycles.